The van der Waals surface area contributed by atoms with Crippen molar-refractivity contribution in [1.82, 2.24) is 0 Å². The van der Waals surface area contributed by atoms with Crippen LogP contribution in [0.15, 0.2) is 49.1 Å². The number of hydrogen-bond donors (Lipinski definition) is 0. The number of pyridine rings is 2. The number of nitrogens with zero attached hydrogens (tertiary/aromatic N) is 2. The van der Waals surface area contributed by atoms with Gasteiger partial charge in [0.15, 0.2) is 36.4 Å². The van der Waals surface area contributed by atoms with Crippen molar-refractivity contribution in [2.45, 2.75) is 213 Å². The van der Waals surface area contributed by atoms with Crippen LogP contribution in [0.4, 0.5) is 0 Å². The molecule has 0 atom stereocenters. The van der Waals surface area contributed by atoms with E-state index in [1.165, 1.54) is 180 Å². The first-order valence-corrected chi connectivity index (χ1v) is 21.2. The highest BCUT2D eigenvalue weighted by atomic mass is 16.1. The zero-order chi connectivity index (χ0) is 35.0. The molecule has 0 amide bonds. The average molecular weight is 677 g/mol. The van der Waals surface area contributed by atoms with Gasteiger partial charge in [-0.2, -0.15) is 0 Å². The minimum Gasteiger partial charge on any atom is -0.294 e. The molecule has 2 aromatic rings. The Morgan fingerprint density at radius 2 is 0.592 bits per heavy atom. The Kier molecular flexibility index (Phi) is 26.6. The van der Waals surface area contributed by atoms with Gasteiger partial charge in [-0.05, 0) is 12.8 Å². The molecular weight excluding hydrogens is 601 g/mol. The van der Waals surface area contributed by atoms with Crippen LogP contribution in [0.3, 0.4) is 0 Å². The molecule has 0 fully saturated rings. The van der Waals surface area contributed by atoms with Gasteiger partial charge in [-0.25, -0.2) is 9.13 Å². The number of rotatable bonds is 34. The lowest BCUT2D eigenvalue weighted by atomic mass is 10.0. The monoisotopic (exact) mass is 677 g/mol. The molecule has 0 N–H and O–H groups in total. The summed E-state index contributed by atoms with van der Waals surface area (Å²) in [7, 11) is 0. The van der Waals surface area contributed by atoms with Gasteiger partial charge in [0.05, 0.1) is 6.42 Å². The van der Waals surface area contributed by atoms with Crippen LogP contribution in [0.1, 0.15) is 221 Å². The van der Waals surface area contributed by atoms with Crippen LogP contribution in [0, 0.1) is 0 Å². The van der Waals surface area contributed by atoms with Crippen LogP contribution >= 0.6 is 0 Å². The second-order valence-corrected chi connectivity index (χ2v) is 14.9. The highest BCUT2D eigenvalue weighted by Crippen LogP contribution is 2.15. The summed E-state index contributed by atoms with van der Waals surface area (Å²) in [5, 5.41) is 0. The summed E-state index contributed by atoms with van der Waals surface area (Å²) < 4.78 is 4.32. The number of Topliss-reactive ketones (excluding diaryl/α,β-unsaturated/α-hetero) is 2. The average Bonchev–Trinajstić information content (AvgIpc) is 3.12. The van der Waals surface area contributed by atoms with Gasteiger partial charge in [0.2, 0.25) is 0 Å². The molecule has 0 unspecified atom stereocenters. The first kappa shape index (κ1) is 42.8. The predicted molar refractivity (Wildman–Crippen MR) is 207 cm³/mol. The molecule has 0 aliphatic heterocycles. The van der Waals surface area contributed by atoms with E-state index in [4.69, 9.17) is 0 Å². The van der Waals surface area contributed by atoms with Gasteiger partial charge in [0.25, 0.3) is 0 Å². The van der Waals surface area contributed by atoms with Crippen molar-refractivity contribution < 1.29 is 18.7 Å². The van der Waals surface area contributed by atoms with Gasteiger partial charge in [-0.3, -0.25) is 9.59 Å². The number of aromatic nitrogens is 2. The highest BCUT2D eigenvalue weighted by molar-refractivity contribution is 6.13. The van der Waals surface area contributed by atoms with Crippen LogP contribution in [-0.4, -0.2) is 11.6 Å². The SMILES string of the molecule is CCCCCCCCCCCCCCCC[n+]1ccc(C(=O)CC(=O)c2cc[n+](CCCCCCCCCCCCCCCC)cc2)cc1. The normalized spacial score (nSPS) is 11.3. The fraction of sp³-hybridized carbons (Fsp3) is 0.733. The van der Waals surface area contributed by atoms with E-state index < -0.39 is 0 Å². The summed E-state index contributed by atoms with van der Waals surface area (Å²) in [5.74, 6) is -0.208. The smallest absolute Gasteiger partial charge is 0.171 e. The summed E-state index contributed by atoms with van der Waals surface area (Å²) in [6.07, 6.45) is 46.2. The second-order valence-electron chi connectivity index (χ2n) is 14.9. The molecule has 2 heterocycles. The third-order valence-electron chi connectivity index (χ3n) is 10.3. The molecule has 0 spiro atoms. The van der Waals surface area contributed by atoms with Gasteiger partial charge in [0.1, 0.15) is 13.1 Å². The summed E-state index contributed by atoms with van der Waals surface area (Å²) >= 11 is 0. The lowest BCUT2D eigenvalue weighted by Crippen LogP contribution is -2.33. The number of carbonyl (C=O) groups is 2. The highest BCUT2D eigenvalue weighted by Gasteiger charge is 2.16. The summed E-state index contributed by atoms with van der Waals surface area (Å²) in [4.78, 5) is 25.7. The first-order valence-electron chi connectivity index (χ1n) is 21.2. The van der Waals surface area contributed by atoms with Crippen LogP contribution in [0.2, 0.25) is 0 Å². The van der Waals surface area contributed by atoms with Crippen LogP contribution in [0.5, 0.6) is 0 Å². The van der Waals surface area contributed by atoms with E-state index in [1.54, 1.807) is 0 Å². The predicted octanol–water partition coefficient (Wildman–Crippen LogP) is 12.7. The third-order valence-corrected chi connectivity index (χ3v) is 10.3. The van der Waals surface area contributed by atoms with Gasteiger partial charge in [-0.1, -0.05) is 168 Å². The molecule has 0 aliphatic rings. The molecule has 0 radical (unpaired) electrons. The Labute approximate surface area is 302 Å². The van der Waals surface area contributed by atoms with Crippen LogP contribution in [0.25, 0.3) is 0 Å². The molecule has 4 nitrogen and oxygen atoms in total. The minimum absolute atomic E-state index is 0.0774. The van der Waals surface area contributed by atoms with Crippen molar-refractivity contribution >= 4 is 11.6 Å². The van der Waals surface area contributed by atoms with Crippen molar-refractivity contribution in [2.75, 3.05) is 0 Å². The maximum Gasteiger partial charge on any atom is 0.171 e. The van der Waals surface area contributed by atoms with Gasteiger partial charge < -0.3 is 0 Å². The van der Waals surface area contributed by atoms with E-state index in [2.05, 4.69) is 23.0 Å². The fourth-order valence-corrected chi connectivity index (χ4v) is 6.91. The third kappa shape index (κ3) is 22.9. The molecule has 4 heteroatoms. The standard InChI is InChI=1S/C45H76N2O2/c1-3-5-7-9-11-13-15-17-19-21-23-25-27-29-35-46-37-31-42(32-38-46)44(48)41-45(49)43-33-39-47(40-34-43)36-30-28-26-24-22-20-18-16-14-12-10-8-6-4-2/h31-34,37-40H,3-30,35-36,41H2,1-2H3/q+2. The number of ketones is 2. The van der Waals surface area contributed by atoms with E-state index in [1.807, 2.05) is 49.1 Å². The number of hydrogen-bond acceptors (Lipinski definition) is 2. The lowest BCUT2D eigenvalue weighted by molar-refractivity contribution is -0.697. The van der Waals surface area contributed by atoms with Crippen molar-refractivity contribution in [3.05, 3.63) is 60.2 Å². The number of carbonyl (C=O) groups excluding carboxylic acids is 2. The Balaban J connectivity index is 1.48. The summed E-state index contributed by atoms with van der Waals surface area (Å²) in [5.41, 5.74) is 1.24. The van der Waals surface area contributed by atoms with E-state index in [0.29, 0.717) is 11.1 Å². The Morgan fingerprint density at radius 1 is 0.367 bits per heavy atom. The van der Waals surface area contributed by atoms with E-state index in [0.717, 1.165) is 13.1 Å². The summed E-state index contributed by atoms with van der Waals surface area (Å²) in [6, 6.07) is 7.48. The minimum atomic E-state index is -0.104. The van der Waals surface area contributed by atoms with Crippen LogP contribution < -0.4 is 9.13 Å². The summed E-state index contributed by atoms with van der Waals surface area (Å²) in [6.45, 7) is 6.53. The first-order chi connectivity index (χ1) is 24.1. The fourth-order valence-electron chi connectivity index (χ4n) is 6.91. The Bertz CT molecular complexity index is 977. The quantitative estimate of drug-likeness (QED) is 0.0320. The zero-order valence-corrected chi connectivity index (χ0v) is 32.3. The number of aryl methyl sites for hydroxylation is 2. The van der Waals surface area contributed by atoms with E-state index in [9.17, 15) is 9.59 Å². The molecule has 2 rings (SSSR count). The molecule has 0 aliphatic carbocycles. The molecule has 49 heavy (non-hydrogen) atoms. The van der Waals surface area contributed by atoms with E-state index in [-0.39, 0.29) is 18.0 Å². The second kappa shape index (κ2) is 30.5. The molecule has 2 aromatic heterocycles. The van der Waals surface area contributed by atoms with E-state index >= 15 is 0 Å². The van der Waals surface area contributed by atoms with Crippen LogP contribution in [-0.2, 0) is 13.1 Å². The molecule has 0 saturated heterocycles. The Morgan fingerprint density at radius 3 is 0.837 bits per heavy atom. The van der Waals surface area contributed by atoms with Crippen molar-refractivity contribution in [2.24, 2.45) is 0 Å². The van der Waals surface area contributed by atoms with Gasteiger partial charge >= 0.3 is 0 Å². The lowest BCUT2D eigenvalue weighted by Gasteiger charge is -2.04. The largest absolute Gasteiger partial charge is 0.294 e. The van der Waals surface area contributed by atoms with Crippen molar-refractivity contribution in [1.29, 1.82) is 0 Å². The molecule has 276 valence electrons. The molecule has 0 saturated carbocycles. The maximum atomic E-state index is 12.8. The topological polar surface area (TPSA) is 41.9 Å². The molecule has 0 bridgehead atoms. The Hall–Kier alpha value is -2.36. The van der Waals surface area contributed by atoms with Gasteiger partial charge in [0, 0.05) is 48.2 Å². The van der Waals surface area contributed by atoms with Gasteiger partial charge in [-0.15, -0.1) is 0 Å². The molecular formula is C45H76N2O2+2. The maximum absolute atomic E-state index is 12.8. The number of unbranched alkanes of at least 4 members (excludes halogenated alkanes) is 26. The van der Waals surface area contributed by atoms with Crippen molar-refractivity contribution in [3.63, 3.8) is 0 Å². The van der Waals surface area contributed by atoms with Crippen molar-refractivity contribution in [3.8, 4) is 0 Å². The molecule has 0 aromatic carbocycles. The zero-order valence-electron chi connectivity index (χ0n) is 32.3.